The first-order chi connectivity index (χ1) is 48.2. The number of ether oxygens (including phenoxy) is 2. The molecule has 5 aliphatic heterocycles. The van der Waals surface area contributed by atoms with Crippen LogP contribution in [0.1, 0.15) is 162 Å². The van der Waals surface area contributed by atoms with Crippen LogP contribution < -0.4 is 62.6 Å². The van der Waals surface area contributed by atoms with E-state index in [2.05, 4.69) is 60.1 Å². The number of halogens is 2. The van der Waals surface area contributed by atoms with Gasteiger partial charge in [-0.05, 0) is 164 Å². The Kier molecular flexibility index (Phi) is 22.5. The molecule has 9 atom stereocenters. The molecule has 29 heteroatoms. The number of fused-ring (bicyclic) bond motifs is 15. The standard InChI is InChI=1S/C72H84Cl2N10O17/c1-5-6-7-8-9-10-17-76-72(99)78-54(88)31-47-66(93)80-58-40-27-52(100-50-15-12-36(25-44(50)73)62(89)60(70(97)77-47)83-65(92)46(75-4)18-32(2)3)64(91)53(28-40)101-51-16-13-37(26-45(51)74)63(90)61-71(98)82-59(69(96)79-56-38-20-33-19-34(22-38)23-39(56)21-33)43-29-41(85)30-49(87)55(43)42-24-35(11-14-48(42)86)57(67(94)84-61)81-68(58)95/h11-16,24-30,32-34,38-39,46-47,56-63,75,85-87,89-91H,5-10,17-23,31H2,1-4H3,(H,77,97)(H,79,96)(H,80,93)(H,81,95)(H,82,98)(H,83,92)(H,84,94)(H2,76,78,88,99)/t33?,34?,38?,39?,46-,47+,56?,57-,58-,59+,60-,61+,62-,63-/m1/s1. The molecule has 27 nitrogen and oxygen atoms in total. The number of benzene rings is 5. The number of hydrogen-bond donors (Lipinski definition) is 16. The molecule has 9 aliphatic rings. The summed E-state index contributed by atoms with van der Waals surface area (Å²) >= 11 is 13.9. The van der Waals surface area contributed by atoms with Gasteiger partial charge >= 0.3 is 6.03 Å². The fourth-order valence-corrected chi connectivity index (χ4v) is 15.5. The molecule has 4 saturated carbocycles. The van der Waals surface area contributed by atoms with Gasteiger partial charge in [-0.2, -0.15) is 0 Å². The van der Waals surface area contributed by atoms with Crippen molar-refractivity contribution in [3.8, 4) is 57.1 Å². The van der Waals surface area contributed by atoms with Gasteiger partial charge in [0.15, 0.2) is 11.5 Å². The van der Waals surface area contributed by atoms with E-state index in [0.29, 0.717) is 18.3 Å². The van der Waals surface area contributed by atoms with Crippen LogP contribution >= 0.6 is 23.2 Å². The summed E-state index contributed by atoms with van der Waals surface area (Å²) in [4.78, 5) is 134. The van der Waals surface area contributed by atoms with Crippen LogP contribution in [0.15, 0.2) is 78.9 Å². The van der Waals surface area contributed by atoms with Crippen LogP contribution in [-0.2, 0) is 38.4 Å². The van der Waals surface area contributed by atoms with Crippen molar-refractivity contribution in [2.75, 3.05) is 13.6 Å². The summed E-state index contributed by atoms with van der Waals surface area (Å²) in [5, 5.41) is 97.7. The molecule has 538 valence electrons. The summed E-state index contributed by atoms with van der Waals surface area (Å²) < 4.78 is 12.6. The second kappa shape index (κ2) is 31.2. The third-order valence-corrected chi connectivity index (χ3v) is 20.5. The summed E-state index contributed by atoms with van der Waals surface area (Å²) in [5.41, 5.74) is -1.65. The minimum absolute atomic E-state index is 0.0611. The first kappa shape index (κ1) is 72.8. The third kappa shape index (κ3) is 16.3. The molecule has 5 heterocycles. The fraction of sp³-hybridized carbons (Fsp3) is 0.458. The number of amides is 10. The Morgan fingerprint density at radius 1 is 0.604 bits per heavy atom. The summed E-state index contributed by atoms with van der Waals surface area (Å²) in [6, 6.07) is 0.457. The number of aliphatic hydroxyl groups excluding tert-OH is 2. The lowest BCUT2D eigenvalue weighted by Crippen LogP contribution is -2.59. The Balaban J connectivity index is 1.05. The number of likely N-dealkylation sites (N-methyl/N-ethyl adjacent to an activating group) is 1. The molecule has 10 amide bonds. The van der Waals surface area contributed by atoms with Crippen LogP contribution in [0.5, 0.6) is 46.0 Å². The van der Waals surface area contributed by atoms with Gasteiger partial charge in [-0.25, -0.2) is 4.79 Å². The van der Waals surface area contributed by atoms with E-state index in [1.54, 1.807) is 0 Å². The van der Waals surface area contributed by atoms with E-state index in [0.717, 1.165) is 94.5 Å². The van der Waals surface area contributed by atoms with E-state index in [9.17, 15) is 45.0 Å². The number of imide groups is 1. The van der Waals surface area contributed by atoms with Crippen molar-refractivity contribution in [1.29, 1.82) is 0 Å². The van der Waals surface area contributed by atoms with Gasteiger partial charge in [0, 0.05) is 29.8 Å². The number of unbranched alkanes of at least 4 members (excludes halogenated alkanes) is 5. The zero-order chi connectivity index (χ0) is 72.2. The molecular formula is C72H84Cl2N10O17. The van der Waals surface area contributed by atoms with Crippen molar-refractivity contribution in [2.45, 2.75) is 165 Å². The Morgan fingerprint density at radius 3 is 1.82 bits per heavy atom. The van der Waals surface area contributed by atoms with Gasteiger partial charge in [-0.1, -0.05) is 94.3 Å². The smallest absolute Gasteiger partial charge is 0.321 e. The highest BCUT2D eigenvalue weighted by atomic mass is 35.5. The molecule has 16 N–H and O–H groups in total. The number of phenols is 4. The lowest BCUT2D eigenvalue weighted by molar-refractivity contribution is -0.138. The van der Waals surface area contributed by atoms with Crippen molar-refractivity contribution in [3.05, 3.63) is 117 Å². The largest absolute Gasteiger partial charge is 0.508 e. The summed E-state index contributed by atoms with van der Waals surface area (Å²) in [6.07, 6.45) is 5.05. The van der Waals surface area contributed by atoms with Crippen molar-refractivity contribution >= 4 is 76.5 Å². The van der Waals surface area contributed by atoms with Crippen LogP contribution in [0.25, 0.3) is 11.1 Å². The Hall–Kier alpha value is -9.41. The van der Waals surface area contributed by atoms with Crippen LogP contribution in [0.2, 0.25) is 10.0 Å². The molecule has 0 spiro atoms. The predicted molar refractivity (Wildman–Crippen MR) is 367 cm³/mol. The number of carbonyl (C=O) groups is 9. The van der Waals surface area contributed by atoms with Crippen LogP contribution in [-0.4, -0.2) is 128 Å². The maximum Gasteiger partial charge on any atom is 0.321 e. The maximum atomic E-state index is 15.9. The van der Waals surface area contributed by atoms with Gasteiger partial charge in [-0.15, -0.1) is 0 Å². The SMILES string of the molecule is CCCCCCCCNC(=O)NC(=O)C[C@@H]1NC(=O)[C@H](NC(=O)[C@@H](CC(C)C)NC)[C@H](O)c2ccc(c(Cl)c2)Oc2cc3cc(c2O)Oc2ccc(cc2Cl)[C@@H](O)[C@@H]2NC(=O)[C@H](NC(=O)[C@@H]3NC1=O)c1ccc(O)c(c1)-c1c(O)cc(O)cc1[C@@H](C(=O)NC1C3CC4CC(C3)CC1C4)NC2=O. The minimum atomic E-state index is -2.21. The van der Waals surface area contributed by atoms with E-state index in [1.807, 2.05) is 13.8 Å². The Labute approximate surface area is 592 Å². The van der Waals surface area contributed by atoms with Crippen molar-refractivity contribution in [3.63, 3.8) is 0 Å². The van der Waals surface area contributed by atoms with Gasteiger partial charge in [0.25, 0.3) is 0 Å². The van der Waals surface area contributed by atoms with Gasteiger partial charge in [0.2, 0.25) is 53.0 Å². The van der Waals surface area contributed by atoms with Crippen LogP contribution in [0, 0.1) is 29.6 Å². The molecule has 0 radical (unpaired) electrons. The monoisotopic (exact) mass is 1430 g/mol. The lowest BCUT2D eigenvalue weighted by atomic mass is 9.54. The predicted octanol–water partition coefficient (Wildman–Crippen LogP) is 6.95. The number of nitrogens with one attached hydrogen (secondary N) is 10. The fourth-order valence-electron chi connectivity index (χ4n) is 15.1. The highest BCUT2D eigenvalue weighted by Gasteiger charge is 2.50. The lowest BCUT2D eigenvalue weighted by Gasteiger charge is -2.54. The summed E-state index contributed by atoms with van der Waals surface area (Å²) in [6.45, 7) is 5.94. The third-order valence-electron chi connectivity index (χ3n) is 19.9. The van der Waals surface area contributed by atoms with E-state index >= 15 is 28.8 Å². The molecule has 14 rings (SSSR count). The Bertz CT molecular complexity index is 4040. The van der Waals surface area contributed by atoms with Gasteiger partial charge in [0.1, 0.15) is 77.2 Å². The van der Waals surface area contributed by atoms with E-state index in [4.69, 9.17) is 32.7 Å². The number of hydrogen-bond acceptors (Lipinski definition) is 18. The van der Waals surface area contributed by atoms with Crippen LogP contribution in [0.3, 0.4) is 0 Å². The zero-order valence-corrected chi connectivity index (χ0v) is 57.5. The van der Waals surface area contributed by atoms with Gasteiger partial charge < -0.3 is 88.0 Å². The highest BCUT2D eigenvalue weighted by Crippen LogP contribution is 2.54. The van der Waals surface area contributed by atoms with Crippen molar-refractivity contribution in [2.24, 2.45) is 29.6 Å². The Morgan fingerprint density at radius 2 is 1.20 bits per heavy atom. The van der Waals surface area contributed by atoms with Crippen molar-refractivity contribution < 1.29 is 83.3 Å². The first-order valence-corrected chi connectivity index (χ1v) is 35.0. The topological polar surface area (TPSA) is 414 Å². The van der Waals surface area contributed by atoms with Crippen LogP contribution in [0.4, 0.5) is 4.79 Å². The molecule has 0 saturated heterocycles. The molecule has 101 heavy (non-hydrogen) atoms. The number of aliphatic hydroxyl groups is 2. The second-order valence-corrected chi connectivity index (χ2v) is 28.4. The van der Waals surface area contributed by atoms with Gasteiger partial charge in [0.05, 0.1) is 22.5 Å². The van der Waals surface area contributed by atoms with E-state index < -0.39 is 149 Å². The summed E-state index contributed by atoms with van der Waals surface area (Å²) in [7, 11) is 1.51. The quantitative estimate of drug-likeness (QED) is 0.0444. The molecule has 0 unspecified atom stereocenters. The molecule has 5 aromatic rings. The minimum Gasteiger partial charge on any atom is -0.508 e. The van der Waals surface area contributed by atoms with Gasteiger partial charge in [-0.3, -0.25) is 43.7 Å². The van der Waals surface area contributed by atoms with Crippen molar-refractivity contribution in [1.82, 2.24) is 53.2 Å². The van der Waals surface area contributed by atoms with E-state index in [1.165, 1.54) is 55.6 Å². The average Bonchev–Trinajstić information content (AvgIpc) is 0.764. The van der Waals surface area contributed by atoms with E-state index in [-0.39, 0.29) is 97.2 Å². The number of phenolic OH excluding ortho intramolecular Hbond substituents is 4. The molecular weight excluding hydrogens is 1350 g/mol. The first-order valence-electron chi connectivity index (χ1n) is 34.2. The number of urea groups is 1. The summed E-state index contributed by atoms with van der Waals surface area (Å²) in [5.74, 6) is -12.2. The zero-order valence-electron chi connectivity index (χ0n) is 56.0. The highest BCUT2D eigenvalue weighted by molar-refractivity contribution is 6.32. The molecule has 4 aliphatic carbocycles. The number of aromatic hydroxyl groups is 4. The second-order valence-electron chi connectivity index (χ2n) is 27.6. The normalized spacial score (nSPS) is 25.6. The average molecular weight is 1430 g/mol. The number of carbonyl (C=O) groups excluding carboxylic acids is 9. The molecule has 4 fully saturated rings. The molecule has 15 bridgehead atoms. The molecule has 5 aromatic carbocycles. The maximum absolute atomic E-state index is 15.9. The number of rotatable bonds is 16. The molecule has 0 aromatic heterocycles.